The second-order valence-electron chi connectivity index (χ2n) is 8.28. The van der Waals surface area contributed by atoms with Crippen LogP contribution in [0.3, 0.4) is 0 Å². The van der Waals surface area contributed by atoms with Crippen molar-refractivity contribution in [3.05, 3.63) is 69.7 Å². The van der Waals surface area contributed by atoms with Gasteiger partial charge in [0.1, 0.15) is 0 Å². The average Bonchev–Trinajstić information content (AvgIpc) is 3.56. The molecule has 1 saturated heterocycles. The van der Waals surface area contributed by atoms with Gasteiger partial charge in [-0.25, -0.2) is 5.48 Å². The van der Waals surface area contributed by atoms with Crippen molar-refractivity contribution in [1.29, 1.82) is 0 Å². The van der Waals surface area contributed by atoms with Crippen LogP contribution >= 0.6 is 23.2 Å². The number of amides is 2. The van der Waals surface area contributed by atoms with Gasteiger partial charge in [0.15, 0.2) is 0 Å². The first-order chi connectivity index (χ1) is 14.5. The molecular formula is C23H24Cl2N2O3. The predicted octanol–water partition coefficient (Wildman–Crippen LogP) is 4.67. The Morgan fingerprint density at radius 3 is 2.50 bits per heavy atom. The van der Waals surface area contributed by atoms with Gasteiger partial charge in [0, 0.05) is 40.3 Å². The van der Waals surface area contributed by atoms with Crippen LogP contribution < -0.4 is 10.8 Å². The fourth-order valence-electron chi connectivity index (χ4n) is 4.72. The van der Waals surface area contributed by atoms with Gasteiger partial charge in [-0.2, -0.15) is 0 Å². The molecule has 2 aromatic carbocycles. The zero-order valence-corrected chi connectivity index (χ0v) is 17.9. The van der Waals surface area contributed by atoms with Crippen molar-refractivity contribution in [2.45, 2.75) is 43.6 Å². The lowest BCUT2D eigenvalue weighted by Crippen LogP contribution is -2.52. The Kier molecular flexibility index (Phi) is 6.32. The normalized spacial score (nSPS) is 24.8. The molecule has 0 spiro atoms. The van der Waals surface area contributed by atoms with Crippen molar-refractivity contribution in [3.8, 4) is 0 Å². The molecule has 2 aromatic rings. The summed E-state index contributed by atoms with van der Waals surface area (Å²) in [4.78, 5) is 24.6. The molecule has 158 valence electrons. The number of halogens is 2. The first kappa shape index (κ1) is 21.2. The standard InChI is InChI=1S/C23H24Cl2N2O3/c24-17-8-6-14(7-9-17)21(13-4-5-13)22-19(15-2-1-3-18(25)10-15)11-16(23(29)26-22)12-20(28)27-30/h1-3,6-10,13,16,19,21-22,30H,4-5,11-12H2,(H,26,29)(H,27,28). The van der Waals surface area contributed by atoms with Gasteiger partial charge in [0.2, 0.25) is 11.8 Å². The maximum absolute atomic E-state index is 12.9. The third kappa shape index (κ3) is 4.64. The molecule has 0 aromatic heterocycles. The van der Waals surface area contributed by atoms with E-state index in [1.165, 1.54) is 0 Å². The topological polar surface area (TPSA) is 78.4 Å². The Morgan fingerprint density at radius 1 is 1.13 bits per heavy atom. The van der Waals surface area contributed by atoms with Crippen LogP contribution in [0.4, 0.5) is 0 Å². The average molecular weight is 447 g/mol. The lowest BCUT2D eigenvalue weighted by Gasteiger charge is -2.41. The van der Waals surface area contributed by atoms with Gasteiger partial charge in [0.25, 0.3) is 0 Å². The highest BCUT2D eigenvalue weighted by molar-refractivity contribution is 6.30. The lowest BCUT2D eigenvalue weighted by molar-refractivity contribution is -0.137. The third-order valence-electron chi connectivity index (χ3n) is 6.26. The molecule has 7 heteroatoms. The minimum absolute atomic E-state index is 0.000768. The Labute approximate surface area is 185 Å². The highest BCUT2D eigenvalue weighted by Crippen LogP contribution is 2.50. The van der Waals surface area contributed by atoms with E-state index in [9.17, 15) is 9.59 Å². The van der Waals surface area contributed by atoms with Gasteiger partial charge < -0.3 is 5.32 Å². The zero-order valence-electron chi connectivity index (χ0n) is 16.4. The number of nitrogens with one attached hydrogen (secondary N) is 2. The van der Waals surface area contributed by atoms with Crippen molar-refractivity contribution < 1.29 is 14.8 Å². The third-order valence-corrected chi connectivity index (χ3v) is 6.74. The lowest BCUT2D eigenvalue weighted by atomic mass is 9.71. The maximum atomic E-state index is 12.9. The highest BCUT2D eigenvalue weighted by atomic mass is 35.5. The van der Waals surface area contributed by atoms with E-state index in [-0.39, 0.29) is 30.2 Å². The number of hydroxylamine groups is 1. The molecule has 1 aliphatic heterocycles. The molecule has 0 bridgehead atoms. The minimum atomic E-state index is -0.560. The van der Waals surface area contributed by atoms with E-state index >= 15 is 0 Å². The summed E-state index contributed by atoms with van der Waals surface area (Å²) in [6.45, 7) is 0. The van der Waals surface area contributed by atoms with Gasteiger partial charge in [-0.05, 0) is 60.6 Å². The maximum Gasteiger partial charge on any atom is 0.244 e. The fraction of sp³-hybridized carbons (Fsp3) is 0.391. The van der Waals surface area contributed by atoms with Gasteiger partial charge in [-0.1, -0.05) is 47.5 Å². The summed E-state index contributed by atoms with van der Waals surface area (Å²) in [7, 11) is 0. The summed E-state index contributed by atoms with van der Waals surface area (Å²) >= 11 is 12.4. The van der Waals surface area contributed by atoms with E-state index in [2.05, 4.69) is 5.32 Å². The number of benzene rings is 2. The highest BCUT2D eigenvalue weighted by Gasteiger charge is 2.46. The second-order valence-corrected chi connectivity index (χ2v) is 9.16. The fourth-order valence-corrected chi connectivity index (χ4v) is 5.05. The van der Waals surface area contributed by atoms with E-state index < -0.39 is 11.8 Å². The Bertz CT molecular complexity index is 930. The first-order valence-corrected chi connectivity index (χ1v) is 11.0. The predicted molar refractivity (Wildman–Crippen MR) is 116 cm³/mol. The van der Waals surface area contributed by atoms with Gasteiger partial charge in [0.05, 0.1) is 0 Å². The van der Waals surface area contributed by atoms with E-state index in [0.29, 0.717) is 22.4 Å². The monoisotopic (exact) mass is 446 g/mol. The first-order valence-electron chi connectivity index (χ1n) is 10.2. The van der Waals surface area contributed by atoms with E-state index in [1.54, 1.807) is 5.48 Å². The molecule has 5 nitrogen and oxygen atoms in total. The summed E-state index contributed by atoms with van der Waals surface area (Å²) in [6, 6.07) is 15.4. The Morgan fingerprint density at radius 2 is 1.87 bits per heavy atom. The summed E-state index contributed by atoms with van der Waals surface area (Å²) in [5.41, 5.74) is 3.84. The smallest absolute Gasteiger partial charge is 0.244 e. The Balaban J connectivity index is 1.70. The van der Waals surface area contributed by atoms with Gasteiger partial charge >= 0.3 is 0 Å². The van der Waals surface area contributed by atoms with Gasteiger partial charge in [-0.15, -0.1) is 0 Å². The second kappa shape index (κ2) is 8.96. The summed E-state index contributed by atoms with van der Waals surface area (Å²) in [6.07, 6.45) is 2.71. The summed E-state index contributed by atoms with van der Waals surface area (Å²) < 4.78 is 0. The van der Waals surface area contributed by atoms with Crippen molar-refractivity contribution in [1.82, 2.24) is 10.8 Å². The quantitative estimate of drug-likeness (QED) is 0.445. The van der Waals surface area contributed by atoms with Gasteiger partial charge in [-0.3, -0.25) is 14.8 Å². The molecule has 1 saturated carbocycles. The molecule has 4 rings (SSSR count). The number of piperidine rings is 1. The van der Waals surface area contributed by atoms with Crippen LogP contribution in [0.2, 0.25) is 10.0 Å². The van der Waals surface area contributed by atoms with Crippen molar-refractivity contribution in [2.75, 3.05) is 0 Å². The number of carbonyl (C=O) groups excluding carboxylic acids is 2. The number of hydrogen-bond donors (Lipinski definition) is 3. The largest absolute Gasteiger partial charge is 0.352 e. The molecule has 2 aliphatic rings. The molecular weight excluding hydrogens is 423 g/mol. The van der Waals surface area contributed by atoms with Crippen LogP contribution in [-0.2, 0) is 9.59 Å². The van der Waals surface area contributed by atoms with E-state index in [0.717, 1.165) is 24.0 Å². The molecule has 3 N–H and O–H groups in total. The van der Waals surface area contributed by atoms with Crippen LogP contribution in [0.5, 0.6) is 0 Å². The van der Waals surface area contributed by atoms with Crippen LogP contribution in [0.1, 0.15) is 48.6 Å². The molecule has 1 aliphatic carbocycles. The molecule has 2 amide bonds. The molecule has 2 fully saturated rings. The summed E-state index contributed by atoms with van der Waals surface area (Å²) in [5.74, 6) is -0.573. The van der Waals surface area contributed by atoms with E-state index in [4.69, 9.17) is 28.4 Å². The SMILES string of the molecule is O=C(CC1CC(c2cccc(Cl)c2)C(C(c2ccc(Cl)cc2)C2CC2)NC1=O)NO. The number of carbonyl (C=O) groups is 2. The number of rotatable bonds is 6. The van der Waals surface area contributed by atoms with Crippen LogP contribution in [-0.4, -0.2) is 23.1 Å². The minimum Gasteiger partial charge on any atom is -0.352 e. The van der Waals surface area contributed by atoms with Crippen molar-refractivity contribution >= 4 is 35.0 Å². The molecule has 1 heterocycles. The molecule has 30 heavy (non-hydrogen) atoms. The molecule has 4 unspecified atom stereocenters. The molecule has 4 atom stereocenters. The van der Waals surface area contributed by atoms with Crippen molar-refractivity contribution in [3.63, 3.8) is 0 Å². The van der Waals surface area contributed by atoms with Crippen LogP contribution in [0, 0.1) is 11.8 Å². The van der Waals surface area contributed by atoms with Crippen LogP contribution in [0.25, 0.3) is 0 Å². The number of hydrogen-bond acceptors (Lipinski definition) is 3. The zero-order chi connectivity index (χ0) is 21.3. The van der Waals surface area contributed by atoms with E-state index in [1.807, 2.05) is 48.5 Å². The Hall–Kier alpha value is -2.08. The van der Waals surface area contributed by atoms with Crippen LogP contribution in [0.15, 0.2) is 48.5 Å². The summed E-state index contributed by atoms with van der Waals surface area (Å²) in [5, 5.41) is 13.4. The molecule has 0 radical (unpaired) electrons. The van der Waals surface area contributed by atoms with Crippen molar-refractivity contribution in [2.24, 2.45) is 11.8 Å².